The SMILES string of the molecule is O=S(=O)(c1cccc2nsnc12)N1CCN(Cn2[nH]c(-c3ccccc3)nc2=S)CC1. The van der Waals surface area contributed by atoms with Crippen molar-refractivity contribution in [3.05, 3.63) is 53.3 Å². The van der Waals surface area contributed by atoms with Crippen molar-refractivity contribution in [1.82, 2.24) is 32.7 Å². The minimum atomic E-state index is -3.63. The van der Waals surface area contributed by atoms with Gasteiger partial charge in [0.2, 0.25) is 14.8 Å². The molecule has 0 saturated carbocycles. The minimum Gasteiger partial charge on any atom is -0.282 e. The normalized spacial score (nSPS) is 16.1. The van der Waals surface area contributed by atoms with Gasteiger partial charge in [-0.1, -0.05) is 36.4 Å². The van der Waals surface area contributed by atoms with Gasteiger partial charge in [0.1, 0.15) is 15.9 Å². The highest BCUT2D eigenvalue weighted by Crippen LogP contribution is 2.25. The van der Waals surface area contributed by atoms with E-state index in [1.165, 1.54) is 4.31 Å². The van der Waals surface area contributed by atoms with Gasteiger partial charge < -0.3 is 0 Å². The van der Waals surface area contributed by atoms with Gasteiger partial charge in [-0.05, 0) is 24.4 Å². The Balaban J connectivity index is 1.28. The summed E-state index contributed by atoms with van der Waals surface area (Å²) in [7, 11) is -3.63. The fraction of sp³-hybridized carbons (Fsp3) is 0.263. The van der Waals surface area contributed by atoms with Crippen LogP contribution in [-0.2, 0) is 16.7 Å². The molecule has 1 aliphatic heterocycles. The second-order valence-corrected chi connectivity index (χ2v) is 10.0. The summed E-state index contributed by atoms with van der Waals surface area (Å²) in [6.45, 7) is 2.49. The first-order valence-electron chi connectivity index (χ1n) is 9.68. The lowest BCUT2D eigenvalue weighted by Crippen LogP contribution is -2.49. The summed E-state index contributed by atoms with van der Waals surface area (Å²) in [5.74, 6) is 0.719. The average molecular weight is 474 g/mol. The first kappa shape index (κ1) is 20.4. The van der Waals surface area contributed by atoms with E-state index in [0.29, 0.717) is 48.7 Å². The third-order valence-corrected chi connectivity index (χ3v) is 8.05. The highest BCUT2D eigenvalue weighted by molar-refractivity contribution is 7.89. The highest BCUT2D eigenvalue weighted by atomic mass is 32.2. The fourth-order valence-electron chi connectivity index (χ4n) is 3.62. The summed E-state index contributed by atoms with van der Waals surface area (Å²) in [5, 5.41) is 3.24. The van der Waals surface area contributed by atoms with Crippen LogP contribution in [0.15, 0.2) is 53.4 Å². The first-order valence-corrected chi connectivity index (χ1v) is 12.3. The molecule has 2 aromatic carbocycles. The van der Waals surface area contributed by atoms with Gasteiger partial charge in [0.15, 0.2) is 5.82 Å². The Hall–Kier alpha value is -2.51. The number of nitrogens with zero attached hydrogens (tertiary/aromatic N) is 6. The van der Waals surface area contributed by atoms with Gasteiger partial charge in [0, 0.05) is 31.7 Å². The summed E-state index contributed by atoms with van der Waals surface area (Å²) >= 11 is 6.42. The van der Waals surface area contributed by atoms with Crippen molar-refractivity contribution in [3.8, 4) is 11.4 Å². The first-order chi connectivity index (χ1) is 15.0. The number of rotatable bonds is 5. The maximum Gasteiger partial charge on any atom is 0.245 e. The van der Waals surface area contributed by atoms with Gasteiger partial charge in [0.05, 0.1) is 18.4 Å². The van der Waals surface area contributed by atoms with Crippen molar-refractivity contribution in [2.45, 2.75) is 11.6 Å². The van der Waals surface area contributed by atoms with E-state index in [-0.39, 0.29) is 4.90 Å². The van der Waals surface area contributed by atoms with Crippen molar-refractivity contribution >= 4 is 45.0 Å². The van der Waals surface area contributed by atoms with Crippen LogP contribution in [0, 0.1) is 4.77 Å². The van der Waals surface area contributed by atoms with Crippen molar-refractivity contribution in [2.24, 2.45) is 0 Å². The van der Waals surface area contributed by atoms with Gasteiger partial charge in [0.25, 0.3) is 0 Å². The fourth-order valence-corrected chi connectivity index (χ4v) is 5.99. The number of benzene rings is 2. The summed E-state index contributed by atoms with van der Waals surface area (Å²) in [6, 6.07) is 14.9. The van der Waals surface area contributed by atoms with Gasteiger partial charge in [-0.3, -0.25) is 10.00 Å². The van der Waals surface area contributed by atoms with E-state index in [9.17, 15) is 8.42 Å². The monoisotopic (exact) mass is 473 g/mol. The molecule has 0 bridgehead atoms. The van der Waals surface area contributed by atoms with Crippen LogP contribution in [0.1, 0.15) is 0 Å². The Morgan fingerprint density at radius 2 is 1.77 bits per heavy atom. The van der Waals surface area contributed by atoms with Crippen molar-refractivity contribution in [3.63, 3.8) is 0 Å². The molecule has 4 aromatic rings. The Morgan fingerprint density at radius 1 is 1.00 bits per heavy atom. The number of hydrogen-bond donors (Lipinski definition) is 1. The zero-order valence-electron chi connectivity index (χ0n) is 16.4. The van der Waals surface area contributed by atoms with Crippen LogP contribution >= 0.6 is 23.9 Å². The van der Waals surface area contributed by atoms with Crippen molar-refractivity contribution in [1.29, 1.82) is 0 Å². The standard InChI is InChI=1S/C19H19N7O2S3/c27-31(28,16-8-4-7-15-17(16)23-30-22-15)25-11-9-24(10-12-25)13-26-19(29)20-18(21-26)14-5-2-1-3-6-14/h1-8H,9-13H2,(H,20,21,29). The topological polar surface area (TPSA) is 100 Å². The molecule has 9 nitrogen and oxygen atoms in total. The lowest BCUT2D eigenvalue weighted by atomic mass is 10.2. The highest BCUT2D eigenvalue weighted by Gasteiger charge is 2.30. The number of fused-ring (bicyclic) bond motifs is 1. The molecule has 1 fully saturated rings. The van der Waals surface area contributed by atoms with Gasteiger partial charge in [-0.2, -0.15) is 18.0 Å². The lowest BCUT2D eigenvalue weighted by molar-refractivity contribution is 0.145. The summed E-state index contributed by atoms with van der Waals surface area (Å²) in [4.78, 5) is 6.81. The molecule has 0 amide bonds. The molecule has 2 aromatic heterocycles. The molecule has 1 aliphatic rings. The molecule has 1 N–H and O–H groups in total. The van der Waals surface area contributed by atoms with Crippen LogP contribution in [0.25, 0.3) is 22.4 Å². The maximum absolute atomic E-state index is 13.2. The van der Waals surface area contributed by atoms with Crippen LogP contribution in [0.3, 0.4) is 0 Å². The lowest BCUT2D eigenvalue weighted by Gasteiger charge is -2.33. The van der Waals surface area contributed by atoms with E-state index < -0.39 is 10.0 Å². The molecule has 0 radical (unpaired) electrons. The Kier molecular flexibility index (Phi) is 5.40. The predicted molar refractivity (Wildman–Crippen MR) is 121 cm³/mol. The van der Waals surface area contributed by atoms with Crippen molar-refractivity contribution in [2.75, 3.05) is 26.2 Å². The van der Waals surface area contributed by atoms with Crippen LogP contribution in [0.4, 0.5) is 0 Å². The largest absolute Gasteiger partial charge is 0.282 e. The third-order valence-electron chi connectivity index (χ3n) is 5.27. The molecular weight excluding hydrogens is 454 g/mol. The molecule has 0 aliphatic carbocycles. The Labute approximate surface area is 188 Å². The third kappa shape index (κ3) is 3.92. The number of aromatic amines is 1. The second-order valence-electron chi connectivity index (χ2n) is 7.20. The second kappa shape index (κ2) is 8.20. The van der Waals surface area contributed by atoms with E-state index in [1.807, 2.05) is 35.0 Å². The number of aromatic nitrogens is 5. The maximum atomic E-state index is 13.2. The van der Waals surface area contributed by atoms with Gasteiger partial charge in [-0.15, -0.1) is 0 Å². The Bertz CT molecular complexity index is 1370. The zero-order chi connectivity index (χ0) is 21.4. The van der Waals surface area contributed by atoms with E-state index in [1.54, 1.807) is 18.2 Å². The molecule has 12 heteroatoms. The predicted octanol–water partition coefficient (Wildman–Crippen LogP) is 2.58. The van der Waals surface area contributed by atoms with Crippen LogP contribution in [0.5, 0.6) is 0 Å². The molecule has 3 heterocycles. The molecule has 1 saturated heterocycles. The summed E-state index contributed by atoms with van der Waals surface area (Å²) in [6.07, 6.45) is 0. The number of piperazine rings is 1. The van der Waals surface area contributed by atoms with Crippen LogP contribution in [0.2, 0.25) is 0 Å². The van der Waals surface area contributed by atoms with Crippen LogP contribution < -0.4 is 0 Å². The molecule has 0 atom stereocenters. The summed E-state index contributed by atoms with van der Waals surface area (Å²) < 4.78 is 38.5. The zero-order valence-corrected chi connectivity index (χ0v) is 18.8. The molecule has 160 valence electrons. The van der Waals surface area contributed by atoms with E-state index >= 15 is 0 Å². The number of nitrogens with one attached hydrogen (secondary N) is 1. The number of H-pyrrole nitrogens is 1. The summed E-state index contributed by atoms with van der Waals surface area (Å²) in [5.41, 5.74) is 2.01. The van der Waals surface area contributed by atoms with E-state index in [0.717, 1.165) is 23.1 Å². The van der Waals surface area contributed by atoms with Gasteiger partial charge >= 0.3 is 0 Å². The smallest absolute Gasteiger partial charge is 0.245 e. The van der Waals surface area contributed by atoms with Crippen LogP contribution in [-0.4, -0.2) is 67.3 Å². The average Bonchev–Trinajstić information content (AvgIpc) is 3.41. The quantitative estimate of drug-likeness (QED) is 0.445. The molecule has 5 rings (SSSR count). The van der Waals surface area contributed by atoms with Gasteiger partial charge in [-0.25, -0.2) is 13.1 Å². The van der Waals surface area contributed by atoms with E-state index in [4.69, 9.17) is 12.2 Å². The Morgan fingerprint density at radius 3 is 2.55 bits per heavy atom. The molecular formula is C19H19N7O2S3. The molecule has 31 heavy (non-hydrogen) atoms. The molecule has 0 unspecified atom stereocenters. The number of sulfonamides is 1. The van der Waals surface area contributed by atoms with Crippen molar-refractivity contribution < 1.29 is 8.42 Å². The number of hydrogen-bond acceptors (Lipinski definition) is 8. The van der Waals surface area contributed by atoms with E-state index in [2.05, 4.69) is 23.7 Å². The minimum absolute atomic E-state index is 0.218. The molecule has 0 spiro atoms.